The van der Waals surface area contributed by atoms with Crippen LogP contribution in [0.15, 0.2) is 65.8 Å². The van der Waals surface area contributed by atoms with E-state index in [9.17, 15) is 8.60 Å². The molecule has 2 N–H and O–H groups in total. The quantitative estimate of drug-likeness (QED) is 0.579. The zero-order chi connectivity index (χ0) is 18.1. The molecule has 0 amide bonds. The molecule has 4 rings (SSSR count). The van der Waals surface area contributed by atoms with Gasteiger partial charge in [-0.25, -0.2) is 23.3 Å². The van der Waals surface area contributed by atoms with E-state index in [2.05, 4.69) is 19.7 Å². The van der Waals surface area contributed by atoms with E-state index in [-0.39, 0.29) is 0 Å². The van der Waals surface area contributed by atoms with Crippen LogP contribution in [0.4, 0.5) is 4.39 Å². The second-order valence-corrected chi connectivity index (χ2v) is 7.02. The molecule has 26 heavy (non-hydrogen) atoms. The van der Waals surface area contributed by atoms with Gasteiger partial charge < -0.3 is 4.98 Å². The van der Waals surface area contributed by atoms with Gasteiger partial charge in [0.25, 0.3) is 0 Å². The molecular weight excluding hydrogens is 351 g/mol. The van der Waals surface area contributed by atoms with E-state index in [4.69, 9.17) is 0 Å². The van der Waals surface area contributed by atoms with Crippen LogP contribution in [0.1, 0.15) is 0 Å². The topological polar surface area (TPSA) is 70.7 Å². The highest BCUT2D eigenvalue weighted by atomic mass is 32.2. The van der Waals surface area contributed by atoms with Crippen LogP contribution >= 0.6 is 0 Å². The van der Waals surface area contributed by atoms with Gasteiger partial charge in [0.2, 0.25) is 0 Å². The zero-order valence-corrected chi connectivity index (χ0v) is 14.7. The lowest BCUT2D eigenvalue weighted by molar-refractivity contribution is 0.631. The minimum Gasteiger partial charge on any atom is -0.345 e. The minimum atomic E-state index is -1.36. The van der Waals surface area contributed by atoms with Crippen molar-refractivity contribution in [1.29, 1.82) is 0 Å². The summed E-state index contributed by atoms with van der Waals surface area (Å²) in [6.07, 6.45) is 3.29. The predicted molar refractivity (Wildman–Crippen MR) is 100 cm³/mol. The van der Waals surface area contributed by atoms with Crippen molar-refractivity contribution in [2.45, 2.75) is 4.90 Å². The highest BCUT2D eigenvalue weighted by molar-refractivity contribution is 7.83. The standard InChI is InChI=1S/C19H15FN4OS/c1-21-26(25)18-5-3-2-4-13(18)12-6-7-14(15(20)10-12)17-11-23-19-16(24-17)8-9-22-19/h2-11,21H,1H3,(H,22,23). The molecule has 0 spiro atoms. The summed E-state index contributed by atoms with van der Waals surface area (Å²) < 4.78 is 29.7. The summed E-state index contributed by atoms with van der Waals surface area (Å²) in [7, 11) is 0.258. The fraction of sp³-hybridized carbons (Fsp3) is 0.0526. The number of halogens is 1. The number of rotatable bonds is 4. The first-order valence-electron chi connectivity index (χ1n) is 7.96. The molecule has 0 saturated heterocycles. The van der Waals surface area contributed by atoms with Gasteiger partial charge in [0.15, 0.2) is 5.65 Å². The first-order chi connectivity index (χ1) is 12.7. The Balaban J connectivity index is 1.78. The summed E-state index contributed by atoms with van der Waals surface area (Å²) in [6, 6.07) is 13.9. The van der Waals surface area contributed by atoms with Crippen LogP contribution < -0.4 is 4.72 Å². The third-order valence-corrected chi connectivity index (χ3v) is 5.22. The molecule has 1 unspecified atom stereocenters. The number of aromatic nitrogens is 3. The molecule has 7 heteroatoms. The van der Waals surface area contributed by atoms with E-state index in [0.29, 0.717) is 32.9 Å². The lowest BCUT2D eigenvalue weighted by Gasteiger charge is -2.10. The molecule has 5 nitrogen and oxygen atoms in total. The largest absolute Gasteiger partial charge is 0.345 e. The van der Waals surface area contributed by atoms with Gasteiger partial charge in [-0.2, -0.15) is 0 Å². The van der Waals surface area contributed by atoms with Crippen LogP contribution in [0.2, 0.25) is 0 Å². The highest BCUT2D eigenvalue weighted by Crippen LogP contribution is 2.30. The number of benzene rings is 2. The number of hydrogen-bond donors (Lipinski definition) is 2. The lowest BCUT2D eigenvalue weighted by atomic mass is 10.0. The molecule has 130 valence electrons. The Morgan fingerprint density at radius 3 is 2.77 bits per heavy atom. The van der Waals surface area contributed by atoms with Gasteiger partial charge in [-0.05, 0) is 42.4 Å². The molecule has 0 aliphatic carbocycles. The maximum atomic E-state index is 14.8. The Hall–Kier alpha value is -2.90. The van der Waals surface area contributed by atoms with Gasteiger partial charge in [-0.1, -0.05) is 24.3 Å². The third kappa shape index (κ3) is 2.91. The average molecular weight is 366 g/mol. The Kier molecular flexibility index (Phi) is 4.32. The van der Waals surface area contributed by atoms with Crippen molar-refractivity contribution in [2.24, 2.45) is 0 Å². The van der Waals surface area contributed by atoms with Crippen molar-refractivity contribution < 1.29 is 8.60 Å². The molecule has 2 aromatic carbocycles. The molecular formula is C19H15FN4OS. The third-order valence-electron chi connectivity index (χ3n) is 4.09. The van der Waals surface area contributed by atoms with E-state index in [1.807, 2.05) is 12.1 Å². The number of H-pyrrole nitrogens is 1. The van der Waals surface area contributed by atoms with Crippen LogP contribution in [0.3, 0.4) is 0 Å². The van der Waals surface area contributed by atoms with E-state index in [0.717, 1.165) is 5.56 Å². The molecule has 0 radical (unpaired) electrons. The lowest BCUT2D eigenvalue weighted by Crippen LogP contribution is -2.11. The fourth-order valence-electron chi connectivity index (χ4n) is 2.83. The van der Waals surface area contributed by atoms with Gasteiger partial charge in [0.05, 0.1) is 16.8 Å². The Morgan fingerprint density at radius 2 is 1.96 bits per heavy atom. The van der Waals surface area contributed by atoms with Crippen molar-refractivity contribution >= 4 is 22.1 Å². The summed E-state index contributed by atoms with van der Waals surface area (Å²) in [5.74, 6) is -0.406. The molecule has 0 bridgehead atoms. The second-order valence-electron chi connectivity index (χ2n) is 5.63. The van der Waals surface area contributed by atoms with Crippen LogP contribution in [0.25, 0.3) is 33.5 Å². The normalized spacial score (nSPS) is 12.4. The number of aromatic amines is 1. The number of nitrogens with zero attached hydrogens (tertiary/aromatic N) is 2. The molecule has 2 aromatic heterocycles. The van der Waals surface area contributed by atoms with E-state index >= 15 is 0 Å². The van der Waals surface area contributed by atoms with Crippen molar-refractivity contribution in [3.05, 3.63) is 66.7 Å². The zero-order valence-electron chi connectivity index (χ0n) is 13.9. The summed E-state index contributed by atoms with van der Waals surface area (Å²) >= 11 is 0. The molecule has 0 saturated carbocycles. The monoisotopic (exact) mass is 366 g/mol. The van der Waals surface area contributed by atoms with E-state index in [1.54, 1.807) is 49.8 Å². The number of hydrogen-bond acceptors (Lipinski definition) is 3. The second kappa shape index (κ2) is 6.78. The Bertz CT molecular complexity index is 1130. The van der Waals surface area contributed by atoms with Crippen molar-refractivity contribution in [3.63, 3.8) is 0 Å². The molecule has 0 aliphatic rings. The van der Waals surface area contributed by atoms with Gasteiger partial charge in [-0.15, -0.1) is 0 Å². The van der Waals surface area contributed by atoms with Crippen molar-refractivity contribution in [1.82, 2.24) is 19.7 Å². The number of fused-ring (bicyclic) bond motifs is 1. The fourth-order valence-corrected chi connectivity index (χ4v) is 3.63. The Morgan fingerprint density at radius 1 is 1.12 bits per heavy atom. The van der Waals surface area contributed by atoms with Crippen LogP contribution in [0.5, 0.6) is 0 Å². The maximum absolute atomic E-state index is 14.8. The summed E-state index contributed by atoms with van der Waals surface area (Å²) in [6.45, 7) is 0. The summed E-state index contributed by atoms with van der Waals surface area (Å²) in [5.41, 5.74) is 3.55. The summed E-state index contributed by atoms with van der Waals surface area (Å²) in [4.78, 5) is 12.3. The molecule has 0 fully saturated rings. The Labute approximate surface area is 151 Å². The maximum Gasteiger partial charge on any atom is 0.156 e. The average Bonchev–Trinajstić information content (AvgIpc) is 3.15. The predicted octanol–water partition coefficient (Wildman–Crippen LogP) is 3.67. The van der Waals surface area contributed by atoms with Gasteiger partial charge in [-0.3, -0.25) is 0 Å². The molecule has 0 aliphatic heterocycles. The van der Waals surface area contributed by atoms with Crippen LogP contribution in [-0.2, 0) is 11.0 Å². The van der Waals surface area contributed by atoms with E-state index < -0.39 is 16.8 Å². The van der Waals surface area contributed by atoms with Crippen molar-refractivity contribution in [3.8, 4) is 22.4 Å². The van der Waals surface area contributed by atoms with Crippen molar-refractivity contribution in [2.75, 3.05) is 7.05 Å². The van der Waals surface area contributed by atoms with Crippen LogP contribution in [-0.4, -0.2) is 26.2 Å². The first-order valence-corrected chi connectivity index (χ1v) is 9.11. The highest BCUT2D eigenvalue weighted by Gasteiger charge is 2.14. The SMILES string of the molecule is CNS(=O)c1ccccc1-c1ccc(-c2cnc3[nH]ccc3n2)c(F)c1. The minimum absolute atomic E-state index is 0.372. The van der Waals surface area contributed by atoms with E-state index in [1.165, 1.54) is 6.07 Å². The smallest absolute Gasteiger partial charge is 0.156 e. The van der Waals surface area contributed by atoms with Gasteiger partial charge in [0.1, 0.15) is 22.3 Å². The van der Waals surface area contributed by atoms with Gasteiger partial charge >= 0.3 is 0 Å². The van der Waals surface area contributed by atoms with Gasteiger partial charge in [0, 0.05) is 11.8 Å². The molecule has 4 aromatic rings. The molecule has 1 atom stereocenters. The first kappa shape index (κ1) is 16.6. The molecule has 2 heterocycles. The summed E-state index contributed by atoms with van der Waals surface area (Å²) in [5, 5.41) is 0. The number of nitrogens with one attached hydrogen (secondary N) is 2. The van der Waals surface area contributed by atoms with Crippen LogP contribution in [0, 0.1) is 5.82 Å².